The van der Waals surface area contributed by atoms with Crippen LogP contribution in [-0.4, -0.2) is 22.0 Å². The van der Waals surface area contributed by atoms with Gasteiger partial charge in [0.2, 0.25) is 0 Å². The number of pyridine rings is 1. The normalized spacial score (nSPS) is 11.7. The number of hydrogen-bond donors (Lipinski definition) is 1. The Morgan fingerprint density at radius 1 is 1.17 bits per heavy atom. The standard InChI is InChI=1S/C17H15N3O2S/c1-12(22-14-5-3-2-4-6-14)16(21)20-17-19-15(11-23-17)13-7-9-18-10-8-13/h2-12H,1H3,(H,19,20,21)/t12-/m0/s1. The van der Waals surface area contributed by atoms with E-state index in [1.165, 1.54) is 11.3 Å². The van der Waals surface area contributed by atoms with Crippen LogP contribution in [0.4, 0.5) is 5.13 Å². The van der Waals surface area contributed by atoms with Gasteiger partial charge in [0, 0.05) is 23.3 Å². The van der Waals surface area contributed by atoms with E-state index in [-0.39, 0.29) is 5.91 Å². The molecule has 0 spiro atoms. The summed E-state index contributed by atoms with van der Waals surface area (Å²) in [6, 6.07) is 13.0. The zero-order valence-electron chi connectivity index (χ0n) is 12.5. The maximum absolute atomic E-state index is 12.2. The Balaban J connectivity index is 1.63. The molecular formula is C17H15N3O2S. The molecule has 0 aliphatic heterocycles. The van der Waals surface area contributed by atoms with Gasteiger partial charge in [-0.15, -0.1) is 11.3 Å². The molecule has 0 aliphatic rings. The highest BCUT2D eigenvalue weighted by atomic mass is 32.1. The lowest BCUT2D eigenvalue weighted by atomic mass is 10.2. The first kappa shape index (κ1) is 15.2. The number of nitrogens with one attached hydrogen (secondary N) is 1. The van der Waals surface area contributed by atoms with Crippen molar-refractivity contribution >= 4 is 22.4 Å². The number of carbonyl (C=O) groups is 1. The van der Waals surface area contributed by atoms with Crippen molar-refractivity contribution in [2.45, 2.75) is 13.0 Å². The molecule has 0 bridgehead atoms. The second-order valence-electron chi connectivity index (χ2n) is 4.84. The van der Waals surface area contributed by atoms with Crippen LogP contribution in [0.1, 0.15) is 6.92 Å². The lowest BCUT2D eigenvalue weighted by Gasteiger charge is -2.13. The lowest BCUT2D eigenvalue weighted by Crippen LogP contribution is -2.30. The van der Waals surface area contributed by atoms with Crippen LogP contribution in [0.3, 0.4) is 0 Å². The molecule has 1 amide bonds. The van der Waals surface area contributed by atoms with E-state index >= 15 is 0 Å². The van der Waals surface area contributed by atoms with E-state index in [1.807, 2.05) is 47.8 Å². The predicted molar refractivity (Wildman–Crippen MR) is 90.5 cm³/mol. The number of rotatable bonds is 5. The lowest BCUT2D eigenvalue weighted by molar-refractivity contribution is -0.122. The predicted octanol–water partition coefficient (Wildman–Crippen LogP) is 3.61. The average Bonchev–Trinajstić information content (AvgIpc) is 3.05. The Labute approximate surface area is 138 Å². The van der Waals surface area contributed by atoms with E-state index < -0.39 is 6.10 Å². The summed E-state index contributed by atoms with van der Waals surface area (Å²) in [6.07, 6.45) is 2.82. The molecule has 2 aromatic heterocycles. The van der Waals surface area contributed by atoms with Gasteiger partial charge in [0.15, 0.2) is 11.2 Å². The van der Waals surface area contributed by atoms with E-state index in [1.54, 1.807) is 19.3 Å². The van der Waals surface area contributed by atoms with Gasteiger partial charge in [-0.3, -0.25) is 15.1 Å². The molecule has 3 rings (SSSR count). The van der Waals surface area contributed by atoms with Crippen LogP contribution >= 0.6 is 11.3 Å². The number of aromatic nitrogens is 2. The van der Waals surface area contributed by atoms with Crippen LogP contribution in [0.25, 0.3) is 11.3 Å². The molecule has 116 valence electrons. The fourth-order valence-electron chi connectivity index (χ4n) is 1.95. The van der Waals surface area contributed by atoms with Crippen LogP contribution in [0.15, 0.2) is 60.2 Å². The molecule has 0 fully saturated rings. The van der Waals surface area contributed by atoms with Crippen molar-refractivity contribution in [3.05, 3.63) is 60.2 Å². The summed E-state index contributed by atoms with van der Waals surface area (Å²) in [4.78, 5) is 20.6. The van der Waals surface area contributed by atoms with Crippen molar-refractivity contribution in [3.63, 3.8) is 0 Å². The second kappa shape index (κ2) is 7.02. The maximum Gasteiger partial charge on any atom is 0.266 e. The highest BCUT2D eigenvalue weighted by molar-refractivity contribution is 7.14. The van der Waals surface area contributed by atoms with Crippen LogP contribution in [-0.2, 0) is 4.79 Å². The van der Waals surface area contributed by atoms with Crippen LogP contribution in [0.5, 0.6) is 5.75 Å². The number of benzene rings is 1. The molecule has 1 N–H and O–H groups in total. The van der Waals surface area contributed by atoms with Gasteiger partial charge >= 0.3 is 0 Å². The van der Waals surface area contributed by atoms with E-state index in [4.69, 9.17) is 4.74 Å². The fraction of sp³-hybridized carbons (Fsp3) is 0.118. The first-order chi connectivity index (χ1) is 11.2. The summed E-state index contributed by atoms with van der Waals surface area (Å²) in [7, 11) is 0. The van der Waals surface area contributed by atoms with Gasteiger partial charge in [0.05, 0.1) is 5.69 Å². The van der Waals surface area contributed by atoms with Gasteiger partial charge in [0.25, 0.3) is 5.91 Å². The van der Waals surface area contributed by atoms with Gasteiger partial charge in [-0.1, -0.05) is 18.2 Å². The summed E-state index contributed by atoms with van der Waals surface area (Å²) < 4.78 is 5.60. The minimum absolute atomic E-state index is 0.232. The number of carbonyl (C=O) groups excluding carboxylic acids is 1. The first-order valence-corrected chi connectivity index (χ1v) is 7.99. The third-order valence-electron chi connectivity index (χ3n) is 3.14. The third-order valence-corrected chi connectivity index (χ3v) is 3.89. The van der Waals surface area contributed by atoms with Crippen LogP contribution < -0.4 is 10.1 Å². The largest absolute Gasteiger partial charge is 0.481 e. The van der Waals surface area contributed by atoms with Crippen LogP contribution in [0.2, 0.25) is 0 Å². The smallest absolute Gasteiger partial charge is 0.266 e. The number of nitrogens with zero attached hydrogens (tertiary/aromatic N) is 2. The number of thiazole rings is 1. The van der Waals surface area contributed by atoms with Crippen molar-refractivity contribution in [2.75, 3.05) is 5.32 Å². The maximum atomic E-state index is 12.2. The van der Waals surface area contributed by atoms with Gasteiger partial charge in [-0.05, 0) is 31.2 Å². The van der Waals surface area contributed by atoms with Crippen molar-refractivity contribution in [1.29, 1.82) is 0 Å². The van der Waals surface area contributed by atoms with Gasteiger partial charge in [0.1, 0.15) is 5.75 Å². The Morgan fingerprint density at radius 2 is 1.91 bits per heavy atom. The second-order valence-corrected chi connectivity index (χ2v) is 5.69. The average molecular weight is 325 g/mol. The molecule has 0 saturated carbocycles. The van der Waals surface area contributed by atoms with Crippen molar-refractivity contribution < 1.29 is 9.53 Å². The van der Waals surface area contributed by atoms with E-state index in [2.05, 4.69) is 15.3 Å². The SMILES string of the molecule is C[C@H](Oc1ccccc1)C(=O)Nc1nc(-c2ccncc2)cs1. The molecule has 0 radical (unpaired) electrons. The van der Waals surface area contributed by atoms with Crippen LogP contribution in [0, 0.1) is 0 Å². The van der Waals surface area contributed by atoms with E-state index in [9.17, 15) is 4.79 Å². The molecule has 3 aromatic rings. The molecule has 2 heterocycles. The molecule has 0 aliphatic carbocycles. The zero-order chi connectivity index (χ0) is 16.1. The quantitative estimate of drug-likeness (QED) is 0.778. The van der Waals surface area contributed by atoms with E-state index in [0.29, 0.717) is 10.9 Å². The number of ether oxygens (including phenoxy) is 1. The molecule has 0 unspecified atom stereocenters. The molecule has 1 aromatic carbocycles. The highest BCUT2D eigenvalue weighted by Gasteiger charge is 2.16. The van der Waals surface area contributed by atoms with Gasteiger partial charge in [-0.25, -0.2) is 4.98 Å². The van der Waals surface area contributed by atoms with Crippen molar-refractivity contribution in [1.82, 2.24) is 9.97 Å². The third kappa shape index (κ3) is 3.92. The fourth-order valence-corrected chi connectivity index (χ4v) is 2.67. The summed E-state index contributed by atoms with van der Waals surface area (Å²) in [5.74, 6) is 0.427. The monoisotopic (exact) mass is 325 g/mol. The first-order valence-electron chi connectivity index (χ1n) is 7.11. The number of hydrogen-bond acceptors (Lipinski definition) is 5. The summed E-state index contributed by atoms with van der Waals surface area (Å²) in [5, 5.41) is 5.22. The summed E-state index contributed by atoms with van der Waals surface area (Å²) >= 11 is 1.38. The molecule has 0 saturated heterocycles. The molecular weight excluding hydrogens is 310 g/mol. The molecule has 6 heteroatoms. The molecule has 1 atom stereocenters. The van der Waals surface area contributed by atoms with E-state index in [0.717, 1.165) is 11.3 Å². The Kier molecular flexibility index (Phi) is 4.63. The Bertz CT molecular complexity index is 775. The number of anilines is 1. The number of amides is 1. The Hall–Kier alpha value is -2.73. The van der Waals surface area contributed by atoms with Gasteiger partial charge in [-0.2, -0.15) is 0 Å². The summed E-state index contributed by atoms with van der Waals surface area (Å²) in [6.45, 7) is 1.71. The van der Waals surface area contributed by atoms with Crippen molar-refractivity contribution in [3.8, 4) is 17.0 Å². The molecule has 5 nitrogen and oxygen atoms in total. The number of para-hydroxylation sites is 1. The highest BCUT2D eigenvalue weighted by Crippen LogP contribution is 2.24. The molecule has 23 heavy (non-hydrogen) atoms. The zero-order valence-corrected chi connectivity index (χ0v) is 13.3. The van der Waals surface area contributed by atoms with Gasteiger partial charge < -0.3 is 4.74 Å². The van der Waals surface area contributed by atoms with Crippen molar-refractivity contribution in [2.24, 2.45) is 0 Å². The minimum Gasteiger partial charge on any atom is -0.481 e. The topological polar surface area (TPSA) is 64.1 Å². The minimum atomic E-state index is -0.606. The Morgan fingerprint density at radius 3 is 2.65 bits per heavy atom. The summed E-state index contributed by atoms with van der Waals surface area (Å²) in [5.41, 5.74) is 1.77.